The molecule has 1 amide bonds. The number of benzene rings is 1. The highest BCUT2D eigenvalue weighted by atomic mass is 16.5. The Hall–Kier alpha value is -2.76. The summed E-state index contributed by atoms with van der Waals surface area (Å²) in [4.78, 5) is 12.1. The molecule has 0 unspecified atom stereocenters. The van der Waals surface area contributed by atoms with Gasteiger partial charge in [-0.1, -0.05) is 6.08 Å². The number of aromatic nitrogens is 2. The van der Waals surface area contributed by atoms with E-state index in [0.29, 0.717) is 30.0 Å². The minimum absolute atomic E-state index is 0.168. The summed E-state index contributed by atoms with van der Waals surface area (Å²) in [5.41, 5.74) is 2.42. The van der Waals surface area contributed by atoms with Crippen molar-refractivity contribution in [2.45, 2.75) is 13.0 Å². The average Bonchev–Trinajstić information content (AvgIpc) is 2.99. The fourth-order valence-corrected chi connectivity index (χ4v) is 2.34. The van der Waals surface area contributed by atoms with Gasteiger partial charge in [-0.15, -0.1) is 6.58 Å². The number of amides is 1. The van der Waals surface area contributed by atoms with E-state index >= 15 is 0 Å². The van der Waals surface area contributed by atoms with Gasteiger partial charge in [-0.2, -0.15) is 5.10 Å². The third kappa shape index (κ3) is 3.91. The Kier molecular flexibility index (Phi) is 5.41. The Balaban J connectivity index is 2.17. The van der Waals surface area contributed by atoms with Crippen molar-refractivity contribution in [2.24, 2.45) is 7.05 Å². The molecule has 0 spiro atoms. The molecule has 122 valence electrons. The number of methoxy groups -OCH3 is 2. The third-order valence-corrected chi connectivity index (χ3v) is 3.40. The van der Waals surface area contributed by atoms with Gasteiger partial charge in [-0.3, -0.25) is 9.48 Å². The SMILES string of the molecule is C=CCc1cc(CNC(=O)c2cnn(C)c2)cc(OC)c1OC. The van der Waals surface area contributed by atoms with Crippen molar-refractivity contribution in [3.8, 4) is 11.5 Å². The van der Waals surface area contributed by atoms with Crippen molar-refractivity contribution in [2.75, 3.05) is 14.2 Å². The Bertz CT molecular complexity index is 707. The van der Waals surface area contributed by atoms with E-state index in [4.69, 9.17) is 9.47 Å². The average molecular weight is 315 g/mol. The van der Waals surface area contributed by atoms with E-state index in [2.05, 4.69) is 17.0 Å². The molecule has 0 atom stereocenters. The molecule has 1 aromatic carbocycles. The van der Waals surface area contributed by atoms with Gasteiger partial charge in [0.05, 0.1) is 26.0 Å². The van der Waals surface area contributed by atoms with E-state index in [0.717, 1.165) is 11.1 Å². The molecule has 1 N–H and O–H groups in total. The van der Waals surface area contributed by atoms with Gasteiger partial charge < -0.3 is 14.8 Å². The molecule has 0 fully saturated rings. The highest BCUT2D eigenvalue weighted by Crippen LogP contribution is 2.33. The Morgan fingerprint density at radius 2 is 2.17 bits per heavy atom. The van der Waals surface area contributed by atoms with Crippen molar-refractivity contribution >= 4 is 5.91 Å². The van der Waals surface area contributed by atoms with Gasteiger partial charge >= 0.3 is 0 Å². The molecule has 0 aliphatic heterocycles. The number of rotatable bonds is 7. The predicted octanol–water partition coefficient (Wildman–Crippen LogP) is 2.10. The van der Waals surface area contributed by atoms with Crippen molar-refractivity contribution in [3.63, 3.8) is 0 Å². The van der Waals surface area contributed by atoms with Crippen LogP contribution in [0.5, 0.6) is 11.5 Å². The number of carbonyl (C=O) groups excluding carboxylic acids is 1. The fraction of sp³-hybridized carbons (Fsp3) is 0.294. The van der Waals surface area contributed by atoms with Gasteiger partial charge in [-0.25, -0.2) is 0 Å². The lowest BCUT2D eigenvalue weighted by atomic mass is 10.1. The summed E-state index contributed by atoms with van der Waals surface area (Å²) in [7, 11) is 4.97. The molecule has 6 heteroatoms. The van der Waals surface area contributed by atoms with Gasteiger partial charge in [0.15, 0.2) is 11.5 Å². The standard InChI is InChI=1S/C17H21N3O3/c1-5-6-13-7-12(8-15(22-3)16(13)23-4)9-18-17(21)14-10-19-20(2)11-14/h5,7-8,10-11H,1,6,9H2,2-4H3,(H,18,21). The van der Waals surface area contributed by atoms with E-state index in [1.165, 1.54) is 6.20 Å². The van der Waals surface area contributed by atoms with E-state index < -0.39 is 0 Å². The summed E-state index contributed by atoms with van der Waals surface area (Å²) in [6.45, 7) is 4.14. The van der Waals surface area contributed by atoms with Gasteiger partial charge in [0.1, 0.15) is 0 Å². The number of aryl methyl sites for hydroxylation is 1. The number of carbonyl (C=O) groups is 1. The molecule has 0 bridgehead atoms. The quantitative estimate of drug-likeness (QED) is 0.795. The molecule has 0 saturated carbocycles. The van der Waals surface area contributed by atoms with Gasteiger partial charge in [0.25, 0.3) is 5.91 Å². The Morgan fingerprint density at radius 1 is 1.39 bits per heavy atom. The molecular formula is C17H21N3O3. The first-order valence-corrected chi connectivity index (χ1v) is 7.20. The first-order valence-electron chi connectivity index (χ1n) is 7.20. The van der Waals surface area contributed by atoms with Crippen LogP contribution in [0, 0.1) is 0 Å². The van der Waals surface area contributed by atoms with Crippen LogP contribution < -0.4 is 14.8 Å². The molecule has 6 nitrogen and oxygen atoms in total. The number of allylic oxidation sites excluding steroid dienone is 1. The van der Waals surface area contributed by atoms with Crippen LogP contribution in [0.15, 0.2) is 37.2 Å². The van der Waals surface area contributed by atoms with Crippen LogP contribution in [0.1, 0.15) is 21.5 Å². The Labute approximate surface area is 135 Å². The van der Waals surface area contributed by atoms with Crippen LogP contribution >= 0.6 is 0 Å². The summed E-state index contributed by atoms with van der Waals surface area (Å²) in [5, 5.41) is 6.86. The zero-order valence-electron chi connectivity index (χ0n) is 13.6. The van der Waals surface area contributed by atoms with Crippen LogP contribution in [0.4, 0.5) is 0 Å². The smallest absolute Gasteiger partial charge is 0.254 e. The topological polar surface area (TPSA) is 65.4 Å². The first kappa shape index (κ1) is 16.6. The van der Waals surface area contributed by atoms with Crippen molar-refractivity contribution in [1.82, 2.24) is 15.1 Å². The maximum absolute atomic E-state index is 12.1. The molecule has 0 aliphatic rings. The van der Waals surface area contributed by atoms with Crippen LogP contribution in [0.25, 0.3) is 0 Å². The maximum Gasteiger partial charge on any atom is 0.254 e. The van der Waals surface area contributed by atoms with E-state index in [1.807, 2.05) is 12.1 Å². The van der Waals surface area contributed by atoms with Crippen LogP contribution in [-0.4, -0.2) is 29.9 Å². The molecule has 0 aliphatic carbocycles. The summed E-state index contributed by atoms with van der Waals surface area (Å²) < 4.78 is 12.4. The van der Waals surface area contributed by atoms with Crippen molar-refractivity contribution in [3.05, 3.63) is 53.9 Å². The molecule has 0 radical (unpaired) electrons. The van der Waals surface area contributed by atoms with E-state index in [-0.39, 0.29) is 5.91 Å². The maximum atomic E-state index is 12.1. The molecule has 0 saturated heterocycles. The highest BCUT2D eigenvalue weighted by molar-refractivity contribution is 5.93. The number of hydrogen-bond donors (Lipinski definition) is 1. The van der Waals surface area contributed by atoms with Crippen molar-refractivity contribution < 1.29 is 14.3 Å². The zero-order chi connectivity index (χ0) is 16.8. The summed E-state index contributed by atoms with van der Waals surface area (Å²) in [6, 6.07) is 3.83. The second kappa shape index (κ2) is 7.49. The minimum Gasteiger partial charge on any atom is -0.493 e. The summed E-state index contributed by atoms with van der Waals surface area (Å²) >= 11 is 0. The zero-order valence-corrected chi connectivity index (χ0v) is 13.6. The lowest BCUT2D eigenvalue weighted by molar-refractivity contribution is 0.0951. The second-order valence-corrected chi connectivity index (χ2v) is 5.07. The lowest BCUT2D eigenvalue weighted by Gasteiger charge is -2.14. The van der Waals surface area contributed by atoms with Gasteiger partial charge in [-0.05, 0) is 24.1 Å². The fourth-order valence-electron chi connectivity index (χ4n) is 2.34. The normalized spacial score (nSPS) is 10.2. The highest BCUT2D eigenvalue weighted by Gasteiger charge is 2.13. The van der Waals surface area contributed by atoms with E-state index in [9.17, 15) is 4.79 Å². The number of nitrogens with zero attached hydrogens (tertiary/aromatic N) is 2. The van der Waals surface area contributed by atoms with Crippen LogP contribution in [0.2, 0.25) is 0 Å². The monoisotopic (exact) mass is 315 g/mol. The molecule has 23 heavy (non-hydrogen) atoms. The van der Waals surface area contributed by atoms with Crippen molar-refractivity contribution in [1.29, 1.82) is 0 Å². The summed E-state index contributed by atoms with van der Waals surface area (Å²) in [5.74, 6) is 1.16. The largest absolute Gasteiger partial charge is 0.493 e. The van der Waals surface area contributed by atoms with Gasteiger partial charge in [0, 0.05) is 25.4 Å². The third-order valence-electron chi connectivity index (χ3n) is 3.40. The van der Waals surface area contributed by atoms with Crippen LogP contribution in [-0.2, 0) is 20.0 Å². The number of hydrogen-bond acceptors (Lipinski definition) is 4. The molecule has 1 heterocycles. The number of ether oxygens (including phenoxy) is 2. The van der Waals surface area contributed by atoms with E-state index in [1.54, 1.807) is 38.2 Å². The first-order chi connectivity index (χ1) is 11.1. The predicted molar refractivity (Wildman–Crippen MR) is 87.8 cm³/mol. The molecule has 1 aromatic heterocycles. The summed E-state index contributed by atoms with van der Waals surface area (Å²) in [6.07, 6.45) is 5.67. The Morgan fingerprint density at radius 3 is 2.74 bits per heavy atom. The molecule has 2 aromatic rings. The van der Waals surface area contributed by atoms with Gasteiger partial charge in [0.2, 0.25) is 0 Å². The second-order valence-electron chi connectivity index (χ2n) is 5.07. The number of nitrogens with one attached hydrogen (secondary N) is 1. The van der Waals surface area contributed by atoms with Crippen LogP contribution in [0.3, 0.4) is 0 Å². The lowest BCUT2D eigenvalue weighted by Crippen LogP contribution is -2.22. The minimum atomic E-state index is -0.168. The molecular weight excluding hydrogens is 294 g/mol. The molecule has 2 rings (SSSR count).